The molecule has 0 spiro atoms. The Morgan fingerprint density at radius 1 is 1.44 bits per heavy atom. The molecule has 0 aliphatic heterocycles. The van der Waals surface area contributed by atoms with Gasteiger partial charge in [-0.05, 0) is 31.1 Å². The summed E-state index contributed by atoms with van der Waals surface area (Å²) < 4.78 is 0. The maximum Gasteiger partial charge on any atom is 0.331 e. The van der Waals surface area contributed by atoms with Crippen LogP contribution in [0.5, 0.6) is 0 Å². The predicted molar refractivity (Wildman–Crippen MR) is 70.1 cm³/mol. The van der Waals surface area contributed by atoms with Crippen molar-refractivity contribution in [3.8, 4) is 0 Å². The molecule has 1 saturated carbocycles. The molecule has 0 aromatic rings. The first-order chi connectivity index (χ1) is 8.35. The molecule has 0 heterocycles. The van der Waals surface area contributed by atoms with Crippen LogP contribution in [0.4, 0.5) is 0 Å². The lowest BCUT2D eigenvalue weighted by Gasteiger charge is -2.46. The molecule has 100 valence electrons. The van der Waals surface area contributed by atoms with Gasteiger partial charge in [0.15, 0.2) is 0 Å². The van der Waals surface area contributed by atoms with E-state index in [1.165, 1.54) is 5.57 Å². The van der Waals surface area contributed by atoms with Gasteiger partial charge in [0.25, 0.3) is 0 Å². The zero-order valence-electron chi connectivity index (χ0n) is 11.1. The van der Waals surface area contributed by atoms with Crippen LogP contribution in [0.2, 0.25) is 0 Å². The van der Waals surface area contributed by atoms with Crippen molar-refractivity contribution in [2.24, 2.45) is 17.3 Å². The highest BCUT2D eigenvalue weighted by molar-refractivity contribution is 5.86. The Morgan fingerprint density at radius 2 is 2.06 bits per heavy atom. The summed E-state index contributed by atoms with van der Waals surface area (Å²) in [5.41, 5.74) is 1.66. The monoisotopic (exact) mass is 250 g/mol. The predicted octanol–water partition coefficient (Wildman–Crippen LogP) is 2.76. The van der Waals surface area contributed by atoms with Crippen molar-refractivity contribution in [3.63, 3.8) is 0 Å². The lowest BCUT2D eigenvalue weighted by molar-refractivity contribution is -0.133. The zero-order valence-corrected chi connectivity index (χ0v) is 11.1. The van der Waals surface area contributed by atoms with Crippen LogP contribution in [0.3, 0.4) is 0 Å². The third-order valence-electron chi connectivity index (χ3n) is 4.87. The van der Waals surface area contributed by atoms with Crippen LogP contribution in [0.25, 0.3) is 0 Å². The molecular formula is C15H22O3. The summed E-state index contributed by atoms with van der Waals surface area (Å²) in [7, 11) is 0. The van der Waals surface area contributed by atoms with E-state index in [-0.39, 0.29) is 28.9 Å². The molecule has 0 bridgehead atoms. The highest BCUT2D eigenvalue weighted by atomic mass is 16.4. The van der Waals surface area contributed by atoms with E-state index in [1.807, 2.05) is 6.92 Å². The minimum absolute atomic E-state index is 0.0710. The number of aliphatic carboxylic acids is 1. The Labute approximate surface area is 108 Å². The van der Waals surface area contributed by atoms with Crippen LogP contribution in [0.15, 0.2) is 23.8 Å². The first kappa shape index (κ1) is 13.3. The molecule has 0 unspecified atom stereocenters. The fourth-order valence-electron chi connectivity index (χ4n) is 3.45. The Bertz CT molecular complexity index is 410. The van der Waals surface area contributed by atoms with Crippen molar-refractivity contribution in [1.82, 2.24) is 0 Å². The smallest absolute Gasteiger partial charge is 0.331 e. The van der Waals surface area contributed by atoms with E-state index >= 15 is 0 Å². The van der Waals surface area contributed by atoms with E-state index in [0.717, 1.165) is 25.7 Å². The van der Waals surface area contributed by atoms with Crippen molar-refractivity contribution < 1.29 is 15.0 Å². The largest absolute Gasteiger partial charge is 0.478 e. The van der Waals surface area contributed by atoms with Crippen LogP contribution >= 0.6 is 0 Å². The SMILES string of the molecule is C=C(C(=O)O)[C@H]1C=C2[C@@H](C)[C@@H](O)CC[C@]2(C)CC1. The van der Waals surface area contributed by atoms with Gasteiger partial charge in [0.1, 0.15) is 0 Å². The molecule has 2 rings (SSSR count). The summed E-state index contributed by atoms with van der Waals surface area (Å²) in [6.07, 6.45) is 5.46. The number of fused-ring (bicyclic) bond motifs is 1. The number of carbonyl (C=O) groups is 1. The topological polar surface area (TPSA) is 57.5 Å². The second kappa shape index (κ2) is 4.54. The summed E-state index contributed by atoms with van der Waals surface area (Å²) in [6, 6.07) is 0. The molecule has 0 amide bonds. The molecule has 2 aliphatic rings. The van der Waals surface area contributed by atoms with Crippen LogP contribution in [-0.2, 0) is 4.79 Å². The number of hydrogen-bond acceptors (Lipinski definition) is 2. The van der Waals surface area contributed by atoms with Gasteiger partial charge in [-0.2, -0.15) is 0 Å². The van der Waals surface area contributed by atoms with Crippen LogP contribution in [0.1, 0.15) is 39.5 Å². The maximum absolute atomic E-state index is 11.0. The molecular weight excluding hydrogens is 228 g/mol. The Balaban J connectivity index is 2.31. The standard InChI is InChI=1S/C15H22O3/c1-9(14(17)18)11-4-6-15(3)7-5-13(16)10(2)12(15)8-11/h8,10-11,13,16H,1,4-7H2,2-3H3,(H,17,18)/t10-,11-,13+,15+/m1/s1. The van der Waals surface area contributed by atoms with Gasteiger partial charge in [0.2, 0.25) is 0 Å². The Kier molecular flexibility index (Phi) is 3.37. The van der Waals surface area contributed by atoms with Gasteiger partial charge in [0.05, 0.1) is 6.10 Å². The summed E-state index contributed by atoms with van der Waals surface area (Å²) >= 11 is 0. The van der Waals surface area contributed by atoms with Crippen molar-refractivity contribution >= 4 is 5.97 Å². The number of carboxylic acid groups (broad SMARTS) is 1. The van der Waals surface area contributed by atoms with Gasteiger partial charge >= 0.3 is 5.97 Å². The van der Waals surface area contributed by atoms with Gasteiger partial charge in [-0.1, -0.05) is 32.1 Å². The highest BCUT2D eigenvalue weighted by Gasteiger charge is 2.42. The highest BCUT2D eigenvalue weighted by Crippen LogP contribution is 2.51. The minimum atomic E-state index is -0.913. The zero-order chi connectivity index (χ0) is 13.5. The fourth-order valence-corrected chi connectivity index (χ4v) is 3.45. The first-order valence-corrected chi connectivity index (χ1v) is 6.67. The van der Waals surface area contributed by atoms with E-state index in [2.05, 4.69) is 19.6 Å². The Hall–Kier alpha value is -1.09. The molecule has 0 radical (unpaired) electrons. The van der Waals surface area contributed by atoms with Crippen molar-refractivity contribution in [3.05, 3.63) is 23.8 Å². The molecule has 3 heteroatoms. The summed E-state index contributed by atoms with van der Waals surface area (Å²) in [6.45, 7) is 7.95. The second-order valence-corrected chi connectivity index (χ2v) is 6.05. The second-order valence-electron chi connectivity index (χ2n) is 6.05. The molecule has 4 atom stereocenters. The summed E-state index contributed by atoms with van der Waals surface area (Å²) in [5.74, 6) is -0.851. The summed E-state index contributed by atoms with van der Waals surface area (Å²) in [4.78, 5) is 11.0. The van der Waals surface area contributed by atoms with Crippen LogP contribution < -0.4 is 0 Å². The number of hydrogen-bond donors (Lipinski definition) is 2. The number of aliphatic hydroxyl groups is 1. The van der Waals surface area contributed by atoms with E-state index < -0.39 is 5.97 Å². The van der Waals surface area contributed by atoms with Gasteiger partial charge in [0, 0.05) is 17.4 Å². The number of carboxylic acids is 1. The Morgan fingerprint density at radius 3 is 2.67 bits per heavy atom. The maximum atomic E-state index is 11.0. The van der Waals surface area contributed by atoms with E-state index in [1.54, 1.807) is 0 Å². The molecule has 2 N–H and O–H groups in total. The third kappa shape index (κ3) is 2.12. The number of rotatable bonds is 2. The quantitative estimate of drug-likeness (QED) is 0.585. The van der Waals surface area contributed by atoms with Crippen LogP contribution in [0, 0.1) is 17.3 Å². The average molecular weight is 250 g/mol. The van der Waals surface area contributed by atoms with E-state index in [9.17, 15) is 9.90 Å². The third-order valence-corrected chi connectivity index (χ3v) is 4.87. The molecule has 0 aromatic carbocycles. The van der Waals surface area contributed by atoms with Gasteiger partial charge < -0.3 is 10.2 Å². The van der Waals surface area contributed by atoms with Gasteiger partial charge in [-0.25, -0.2) is 4.79 Å². The molecule has 2 aliphatic carbocycles. The van der Waals surface area contributed by atoms with Crippen LogP contribution in [-0.4, -0.2) is 22.3 Å². The molecule has 18 heavy (non-hydrogen) atoms. The molecule has 0 saturated heterocycles. The summed E-state index contributed by atoms with van der Waals surface area (Å²) in [5, 5.41) is 19.0. The minimum Gasteiger partial charge on any atom is -0.478 e. The first-order valence-electron chi connectivity index (χ1n) is 6.67. The van der Waals surface area contributed by atoms with Gasteiger partial charge in [-0.15, -0.1) is 0 Å². The van der Waals surface area contributed by atoms with Crippen molar-refractivity contribution in [1.29, 1.82) is 0 Å². The molecule has 3 nitrogen and oxygen atoms in total. The number of aliphatic hydroxyl groups excluding tert-OH is 1. The van der Waals surface area contributed by atoms with E-state index in [0.29, 0.717) is 0 Å². The van der Waals surface area contributed by atoms with Crippen molar-refractivity contribution in [2.45, 2.75) is 45.6 Å². The van der Waals surface area contributed by atoms with E-state index in [4.69, 9.17) is 5.11 Å². The average Bonchev–Trinajstić information content (AvgIpc) is 2.33. The normalized spacial score (nSPS) is 39.7. The lowest BCUT2D eigenvalue weighted by atomic mass is 9.60. The van der Waals surface area contributed by atoms with Crippen molar-refractivity contribution in [2.75, 3.05) is 0 Å². The fraction of sp³-hybridized carbons (Fsp3) is 0.667. The number of allylic oxidation sites excluding steroid dienone is 1. The lowest BCUT2D eigenvalue weighted by Crippen LogP contribution is -2.39. The molecule has 1 fully saturated rings. The van der Waals surface area contributed by atoms with Gasteiger partial charge in [-0.3, -0.25) is 0 Å². The molecule has 0 aromatic heterocycles.